The van der Waals surface area contributed by atoms with Crippen LogP contribution in [0.15, 0.2) is 6.07 Å². The second kappa shape index (κ2) is 2.54. The van der Waals surface area contributed by atoms with Crippen LogP contribution in [0.1, 0.15) is 26.5 Å². The highest BCUT2D eigenvalue weighted by Crippen LogP contribution is 2.21. The average molecular weight is 154 g/mol. The molecule has 1 aromatic rings. The van der Waals surface area contributed by atoms with Gasteiger partial charge in [0.2, 0.25) is 0 Å². The molecule has 1 heterocycles. The van der Waals surface area contributed by atoms with Crippen molar-refractivity contribution in [2.75, 3.05) is 5.43 Å². The molecule has 0 atom stereocenters. The summed E-state index contributed by atoms with van der Waals surface area (Å²) in [5, 5.41) is 6.84. The highest BCUT2D eigenvalue weighted by Gasteiger charge is 2.15. The Kier molecular flexibility index (Phi) is 1.87. The molecule has 0 saturated carbocycles. The summed E-state index contributed by atoms with van der Waals surface area (Å²) in [5.74, 6) is 5.85. The Balaban J connectivity index is 2.89. The van der Waals surface area contributed by atoms with E-state index in [1.165, 1.54) is 0 Å². The molecular weight excluding hydrogens is 140 g/mol. The van der Waals surface area contributed by atoms with Crippen LogP contribution in [0.5, 0.6) is 0 Å². The molecule has 0 fully saturated rings. The molecule has 11 heavy (non-hydrogen) atoms. The molecule has 0 unspecified atom stereocenters. The molecular formula is C7H14N4. The third-order valence-electron chi connectivity index (χ3n) is 1.53. The highest BCUT2D eigenvalue weighted by molar-refractivity contribution is 5.35. The van der Waals surface area contributed by atoms with Gasteiger partial charge in [0.25, 0.3) is 0 Å². The number of nitrogens with one attached hydrogen (secondary N) is 2. The normalized spacial score (nSPS) is 11.6. The summed E-state index contributed by atoms with van der Waals surface area (Å²) in [6, 6.07) is 1.90. The molecule has 0 aliphatic heterocycles. The lowest BCUT2D eigenvalue weighted by molar-refractivity contribution is 0.567. The fraction of sp³-hybridized carbons (Fsp3) is 0.571. The van der Waals surface area contributed by atoms with Crippen molar-refractivity contribution in [3.05, 3.63) is 11.8 Å². The summed E-state index contributed by atoms with van der Waals surface area (Å²) < 4.78 is 0. The molecule has 4 heteroatoms. The van der Waals surface area contributed by atoms with Crippen LogP contribution in [0.4, 0.5) is 5.82 Å². The zero-order valence-corrected chi connectivity index (χ0v) is 7.10. The fourth-order valence-electron chi connectivity index (χ4n) is 0.780. The van der Waals surface area contributed by atoms with Crippen LogP contribution < -0.4 is 11.3 Å². The summed E-state index contributed by atoms with van der Waals surface area (Å²) in [4.78, 5) is 0. The Labute approximate surface area is 66.1 Å². The average Bonchev–Trinajstić information content (AvgIpc) is 2.32. The van der Waals surface area contributed by atoms with E-state index in [4.69, 9.17) is 5.84 Å². The molecule has 0 aliphatic rings. The van der Waals surface area contributed by atoms with E-state index in [1.807, 2.05) is 6.07 Å². The molecule has 0 aliphatic carbocycles. The van der Waals surface area contributed by atoms with Crippen molar-refractivity contribution in [1.82, 2.24) is 10.2 Å². The first-order chi connectivity index (χ1) is 5.04. The van der Waals surface area contributed by atoms with E-state index in [9.17, 15) is 0 Å². The van der Waals surface area contributed by atoms with Gasteiger partial charge in [0.05, 0.1) is 0 Å². The van der Waals surface area contributed by atoms with Crippen LogP contribution in [-0.2, 0) is 5.41 Å². The molecule has 0 radical (unpaired) electrons. The minimum atomic E-state index is 0.0993. The maximum absolute atomic E-state index is 5.17. The van der Waals surface area contributed by atoms with Crippen molar-refractivity contribution < 1.29 is 0 Å². The summed E-state index contributed by atoms with van der Waals surface area (Å²) >= 11 is 0. The number of aromatic nitrogens is 2. The summed E-state index contributed by atoms with van der Waals surface area (Å²) in [6.07, 6.45) is 0. The van der Waals surface area contributed by atoms with Gasteiger partial charge in [-0.3, -0.25) is 5.10 Å². The van der Waals surface area contributed by atoms with Gasteiger partial charge >= 0.3 is 0 Å². The molecule has 0 aromatic carbocycles. The van der Waals surface area contributed by atoms with Crippen molar-refractivity contribution in [2.24, 2.45) is 5.84 Å². The number of nitrogens with two attached hydrogens (primary N) is 1. The Hall–Kier alpha value is -1.03. The smallest absolute Gasteiger partial charge is 0.162 e. The zero-order valence-electron chi connectivity index (χ0n) is 7.10. The summed E-state index contributed by atoms with van der Waals surface area (Å²) in [7, 11) is 0. The highest BCUT2D eigenvalue weighted by atomic mass is 15.3. The number of anilines is 1. The number of nitrogens with zero attached hydrogens (tertiary/aromatic N) is 1. The number of hydrogen-bond donors (Lipinski definition) is 3. The molecule has 1 aromatic heterocycles. The second-order valence-electron chi connectivity index (χ2n) is 3.56. The van der Waals surface area contributed by atoms with Gasteiger partial charge in [0.15, 0.2) is 5.82 Å². The second-order valence-corrected chi connectivity index (χ2v) is 3.56. The molecule has 1 rings (SSSR count). The van der Waals surface area contributed by atoms with Gasteiger partial charge in [0, 0.05) is 17.2 Å². The summed E-state index contributed by atoms with van der Waals surface area (Å²) in [6.45, 7) is 6.34. The van der Waals surface area contributed by atoms with E-state index >= 15 is 0 Å². The number of rotatable bonds is 1. The number of H-pyrrole nitrogens is 1. The Morgan fingerprint density at radius 1 is 1.55 bits per heavy atom. The van der Waals surface area contributed by atoms with Crippen LogP contribution in [0, 0.1) is 0 Å². The van der Waals surface area contributed by atoms with E-state index in [0.29, 0.717) is 5.82 Å². The first-order valence-electron chi connectivity index (χ1n) is 3.56. The van der Waals surface area contributed by atoms with Gasteiger partial charge in [-0.2, -0.15) is 5.10 Å². The van der Waals surface area contributed by atoms with Crippen LogP contribution in [0.25, 0.3) is 0 Å². The Bertz CT molecular complexity index is 233. The fourth-order valence-corrected chi connectivity index (χ4v) is 0.780. The lowest BCUT2D eigenvalue weighted by Gasteiger charge is -2.14. The van der Waals surface area contributed by atoms with Crippen LogP contribution in [0.2, 0.25) is 0 Å². The molecule has 0 amide bonds. The number of aromatic amines is 1. The van der Waals surface area contributed by atoms with E-state index in [0.717, 1.165) is 5.69 Å². The van der Waals surface area contributed by atoms with E-state index in [1.54, 1.807) is 0 Å². The lowest BCUT2D eigenvalue weighted by atomic mass is 9.92. The van der Waals surface area contributed by atoms with Gasteiger partial charge in [-0.1, -0.05) is 20.8 Å². The van der Waals surface area contributed by atoms with Gasteiger partial charge in [-0.25, -0.2) is 5.84 Å². The monoisotopic (exact) mass is 154 g/mol. The van der Waals surface area contributed by atoms with E-state index < -0.39 is 0 Å². The van der Waals surface area contributed by atoms with E-state index in [2.05, 4.69) is 36.4 Å². The number of nitrogen functional groups attached to an aromatic ring is 1. The molecule has 4 N–H and O–H groups in total. The molecule has 0 spiro atoms. The quantitative estimate of drug-likeness (QED) is 0.417. The minimum absolute atomic E-state index is 0.0993. The zero-order chi connectivity index (χ0) is 8.48. The third-order valence-corrected chi connectivity index (χ3v) is 1.53. The first-order valence-corrected chi connectivity index (χ1v) is 3.56. The van der Waals surface area contributed by atoms with Gasteiger partial charge in [0.1, 0.15) is 0 Å². The minimum Gasteiger partial charge on any atom is -0.307 e. The van der Waals surface area contributed by atoms with Gasteiger partial charge < -0.3 is 5.43 Å². The van der Waals surface area contributed by atoms with E-state index in [-0.39, 0.29) is 5.41 Å². The Morgan fingerprint density at radius 3 is 2.45 bits per heavy atom. The van der Waals surface area contributed by atoms with Crippen molar-refractivity contribution in [2.45, 2.75) is 26.2 Å². The summed E-state index contributed by atoms with van der Waals surface area (Å²) in [5.41, 5.74) is 3.65. The van der Waals surface area contributed by atoms with Crippen LogP contribution >= 0.6 is 0 Å². The van der Waals surface area contributed by atoms with Crippen LogP contribution in [-0.4, -0.2) is 10.2 Å². The SMILES string of the molecule is CC(C)(C)c1cc(NN)n[nH]1. The third kappa shape index (κ3) is 1.71. The van der Waals surface area contributed by atoms with Crippen molar-refractivity contribution >= 4 is 5.82 Å². The predicted octanol–water partition coefficient (Wildman–Crippen LogP) is 0.993. The maximum Gasteiger partial charge on any atom is 0.162 e. The van der Waals surface area contributed by atoms with Crippen LogP contribution in [0.3, 0.4) is 0 Å². The predicted molar refractivity (Wildman–Crippen MR) is 45.1 cm³/mol. The topological polar surface area (TPSA) is 66.7 Å². The molecule has 62 valence electrons. The molecule has 0 bridgehead atoms. The number of hydrogen-bond acceptors (Lipinski definition) is 3. The number of hydrazine groups is 1. The van der Waals surface area contributed by atoms with Gasteiger partial charge in [-0.05, 0) is 0 Å². The largest absolute Gasteiger partial charge is 0.307 e. The maximum atomic E-state index is 5.17. The Morgan fingerprint density at radius 2 is 2.18 bits per heavy atom. The molecule has 4 nitrogen and oxygen atoms in total. The lowest BCUT2D eigenvalue weighted by Crippen LogP contribution is -2.11. The standard InChI is InChI=1S/C7H14N4/c1-7(2,3)5-4-6(9-8)11-10-5/h4H,8H2,1-3H3,(H2,9,10,11). The molecule has 0 saturated heterocycles. The first kappa shape index (κ1) is 8.07. The van der Waals surface area contributed by atoms with Crippen molar-refractivity contribution in [3.8, 4) is 0 Å². The van der Waals surface area contributed by atoms with Crippen molar-refractivity contribution in [1.29, 1.82) is 0 Å². The van der Waals surface area contributed by atoms with Gasteiger partial charge in [-0.15, -0.1) is 0 Å². The van der Waals surface area contributed by atoms with Crippen molar-refractivity contribution in [3.63, 3.8) is 0 Å².